The molecule has 0 saturated carbocycles. The summed E-state index contributed by atoms with van der Waals surface area (Å²) in [7, 11) is 0. The molecule has 0 aliphatic carbocycles. The second kappa shape index (κ2) is 6.76. The van der Waals surface area contributed by atoms with E-state index in [1.807, 2.05) is 36.1 Å². The molecule has 3 heterocycles. The zero-order valence-electron chi connectivity index (χ0n) is 15.1. The van der Waals surface area contributed by atoms with E-state index in [0.717, 1.165) is 30.4 Å². The van der Waals surface area contributed by atoms with E-state index in [9.17, 15) is 9.59 Å². The number of rotatable bonds is 4. The first kappa shape index (κ1) is 17.1. The first-order valence-corrected chi connectivity index (χ1v) is 10.1. The molecule has 0 radical (unpaired) electrons. The second-order valence-corrected chi connectivity index (χ2v) is 7.66. The maximum absolute atomic E-state index is 13.1. The fraction of sp³-hybridized carbons (Fsp3) is 0.400. The highest BCUT2D eigenvalue weighted by atomic mass is 32.1. The van der Waals surface area contributed by atoms with Gasteiger partial charge in [-0.1, -0.05) is 19.1 Å². The van der Waals surface area contributed by atoms with E-state index >= 15 is 0 Å². The van der Waals surface area contributed by atoms with Crippen LogP contribution in [0.15, 0.2) is 40.5 Å². The lowest BCUT2D eigenvalue weighted by molar-refractivity contribution is -0.134. The van der Waals surface area contributed by atoms with Crippen LogP contribution in [0.25, 0.3) is 11.0 Å². The number of carbonyl (C=O) groups excluding carboxylic acids is 1. The van der Waals surface area contributed by atoms with Crippen LogP contribution in [0.3, 0.4) is 0 Å². The molecule has 1 amide bonds. The van der Waals surface area contributed by atoms with Crippen LogP contribution in [-0.4, -0.2) is 26.5 Å². The number of benzene rings is 1. The lowest BCUT2D eigenvalue weighted by Crippen LogP contribution is -2.42. The van der Waals surface area contributed by atoms with Crippen molar-refractivity contribution >= 4 is 28.3 Å². The van der Waals surface area contributed by atoms with Crippen molar-refractivity contribution in [2.24, 2.45) is 0 Å². The fourth-order valence-electron chi connectivity index (χ4n) is 4.09. The van der Waals surface area contributed by atoms with Crippen molar-refractivity contribution < 1.29 is 4.79 Å². The van der Waals surface area contributed by atoms with Crippen molar-refractivity contribution in [1.82, 2.24) is 14.0 Å². The van der Waals surface area contributed by atoms with Crippen LogP contribution in [-0.2, 0) is 24.3 Å². The third-order valence-corrected chi connectivity index (χ3v) is 6.33. The number of aromatic nitrogens is 2. The number of carbonyl (C=O) groups is 1. The van der Waals surface area contributed by atoms with E-state index in [-0.39, 0.29) is 24.2 Å². The highest BCUT2D eigenvalue weighted by Crippen LogP contribution is 2.35. The van der Waals surface area contributed by atoms with Crippen molar-refractivity contribution in [3.05, 3.63) is 56.6 Å². The van der Waals surface area contributed by atoms with E-state index in [1.54, 1.807) is 20.5 Å². The summed E-state index contributed by atoms with van der Waals surface area (Å²) in [6, 6.07) is 9.96. The maximum atomic E-state index is 13.1. The largest absolute Gasteiger partial charge is 0.334 e. The van der Waals surface area contributed by atoms with Crippen LogP contribution in [0.2, 0.25) is 0 Å². The second-order valence-electron chi connectivity index (χ2n) is 6.66. The van der Waals surface area contributed by atoms with Gasteiger partial charge in [0, 0.05) is 18.0 Å². The standard InChI is InChI=1S/C20H23N3O2S/c1-3-15-14-10-12-26-18(14)9-11-22(15)19(24)13-23-17-8-6-5-7-16(17)21(4-2)20(23)25/h5-8,10,12,15H,3-4,9,11,13H2,1-2H3. The lowest BCUT2D eigenvalue weighted by atomic mass is 9.98. The smallest absolute Gasteiger partial charge is 0.329 e. The molecule has 4 rings (SSSR count). The molecule has 26 heavy (non-hydrogen) atoms. The maximum Gasteiger partial charge on any atom is 0.329 e. The molecule has 0 bridgehead atoms. The summed E-state index contributed by atoms with van der Waals surface area (Å²) >= 11 is 1.78. The molecule has 5 nitrogen and oxygen atoms in total. The average Bonchev–Trinajstić information content (AvgIpc) is 3.24. The summed E-state index contributed by atoms with van der Waals surface area (Å²) in [4.78, 5) is 29.3. The summed E-state index contributed by atoms with van der Waals surface area (Å²) in [6.45, 7) is 5.50. The minimum absolute atomic E-state index is 0.0230. The van der Waals surface area contributed by atoms with E-state index in [4.69, 9.17) is 0 Å². The van der Waals surface area contributed by atoms with E-state index in [0.29, 0.717) is 6.54 Å². The minimum atomic E-state index is -0.108. The van der Waals surface area contributed by atoms with Gasteiger partial charge in [0.15, 0.2) is 0 Å². The molecule has 0 saturated heterocycles. The predicted octanol–water partition coefficient (Wildman–Crippen LogP) is 3.42. The zero-order valence-corrected chi connectivity index (χ0v) is 16.0. The molecule has 1 aromatic carbocycles. The highest BCUT2D eigenvalue weighted by molar-refractivity contribution is 7.10. The Morgan fingerprint density at radius 3 is 2.58 bits per heavy atom. The van der Waals surface area contributed by atoms with E-state index < -0.39 is 0 Å². The molecule has 0 N–H and O–H groups in total. The first-order valence-electron chi connectivity index (χ1n) is 9.19. The van der Waals surface area contributed by atoms with Gasteiger partial charge in [0.25, 0.3) is 0 Å². The Morgan fingerprint density at radius 1 is 1.15 bits per heavy atom. The Balaban J connectivity index is 1.68. The highest BCUT2D eigenvalue weighted by Gasteiger charge is 2.30. The Kier molecular flexibility index (Phi) is 4.44. The Labute approximate surface area is 156 Å². The van der Waals surface area contributed by atoms with E-state index in [2.05, 4.69) is 18.4 Å². The molecule has 1 unspecified atom stereocenters. The van der Waals surface area contributed by atoms with Gasteiger partial charge in [-0.25, -0.2) is 4.79 Å². The number of thiophene rings is 1. The van der Waals surface area contributed by atoms with Crippen molar-refractivity contribution in [1.29, 1.82) is 0 Å². The number of aryl methyl sites for hydroxylation is 1. The first-order chi connectivity index (χ1) is 12.7. The normalized spacial score (nSPS) is 16.8. The molecular weight excluding hydrogens is 346 g/mol. The molecule has 0 spiro atoms. The van der Waals surface area contributed by atoms with Crippen molar-refractivity contribution in [3.63, 3.8) is 0 Å². The van der Waals surface area contributed by atoms with Crippen molar-refractivity contribution in [2.75, 3.05) is 6.54 Å². The molecule has 1 aliphatic rings. The molecule has 1 atom stereocenters. The van der Waals surface area contributed by atoms with Crippen LogP contribution in [0.4, 0.5) is 0 Å². The summed E-state index contributed by atoms with van der Waals surface area (Å²) in [6.07, 6.45) is 1.79. The van der Waals surface area contributed by atoms with Crippen LogP contribution in [0, 0.1) is 0 Å². The lowest BCUT2D eigenvalue weighted by Gasteiger charge is -2.35. The summed E-state index contributed by atoms with van der Waals surface area (Å²) in [5.41, 5.74) is 2.89. The summed E-state index contributed by atoms with van der Waals surface area (Å²) < 4.78 is 3.35. The number of imidazole rings is 1. The van der Waals surface area contributed by atoms with Crippen LogP contribution < -0.4 is 5.69 Å². The van der Waals surface area contributed by atoms with Gasteiger partial charge in [0.2, 0.25) is 5.91 Å². The van der Waals surface area contributed by atoms with Crippen LogP contribution in [0.5, 0.6) is 0 Å². The zero-order chi connectivity index (χ0) is 18.3. The number of amides is 1. The monoisotopic (exact) mass is 369 g/mol. The van der Waals surface area contributed by atoms with Gasteiger partial charge in [0.1, 0.15) is 6.54 Å². The fourth-order valence-corrected chi connectivity index (χ4v) is 5.02. The predicted molar refractivity (Wildman–Crippen MR) is 105 cm³/mol. The van der Waals surface area contributed by atoms with Gasteiger partial charge >= 0.3 is 5.69 Å². The molecule has 1 aliphatic heterocycles. The summed E-state index contributed by atoms with van der Waals surface area (Å²) in [5, 5.41) is 2.11. The average molecular weight is 369 g/mol. The number of para-hydroxylation sites is 2. The van der Waals surface area contributed by atoms with E-state index in [1.165, 1.54) is 10.4 Å². The Bertz CT molecular complexity index is 1010. The SMILES string of the molecule is CCC1c2ccsc2CCN1C(=O)Cn1c(=O)n(CC)c2ccccc21. The topological polar surface area (TPSA) is 47.2 Å². The molecule has 3 aromatic rings. The number of hydrogen-bond donors (Lipinski definition) is 0. The Hall–Kier alpha value is -2.34. The quantitative estimate of drug-likeness (QED) is 0.707. The van der Waals surface area contributed by atoms with Gasteiger partial charge in [-0.3, -0.25) is 13.9 Å². The van der Waals surface area contributed by atoms with Crippen LogP contribution >= 0.6 is 11.3 Å². The molecule has 2 aromatic heterocycles. The summed E-state index contributed by atoms with van der Waals surface area (Å²) in [5.74, 6) is 0.0230. The molecule has 0 fully saturated rings. The van der Waals surface area contributed by atoms with Crippen molar-refractivity contribution in [3.8, 4) is 0 Å². The third-order valence-electron chi connectivity index (χ3n) is 5.34. The molecule has 136 valence electrons. The third kappa shape index (κ3) is 2.60. The molecule has 6 heteroatoms. The van der Waals surface area contributed by atoms with Gasteiger partial charge < -0.3 is 4.90 Å². The van der Waals surface area contributed by atoms with Gasteiger partial charge in [-0.05, 0) is 48.9 Å². The van der Waals surface area contributed by atoms with Crippen molar-refractivity contribution in [2.45, 2.75) is 45.8 Å². The number of hydrogen-bond acceptors (Lipinski definition) is 3. The van der Waals surface area contributed by atoms with Gasteiger partial charge in [0.05, 0.1) is 17.1 Å². The van der Waals surface area contributed by atoms with Gasteiger partial charge in [-0.15, -0.1) is 11.3 Å². The number of fused-ring (bicyclic) bond motifs is 2. The Morgan fingerprint density at radius 2 is 1.88 bits per heavy atom. The molecular formula is C20H23N3O2S. The van der Waals surface area contributed by atoms with Crippen LogP contribution in [0.1, 0.15) is 36.8 Å². The number of nitrogens with zero attached hydrogens (tertiary/aromatic N) is 3. The van der Waals surface area contributed by atoms with Gasteiger partial charge in [-0.2, -0.15) is 0 Å². The minimum Gasteiger partial charge on any atom is -0.334 e.